The Morgan fingerprint density at radius 1 is 1.16 bits per heavy atom. The second kappa shape index (κ2) is 8.52. The van der Waals surface area contributed by atoms with Crippen LogP contribution in [0.15, 0.2) is 48.5 Å². The average Bonchev–Trinajstić information content (AvgIpc) is 3.03. The van der Waals surface area contributed by atoms with Gasteiger partial charge in [0.15, 0.2) is 0 Å². The van der Waals surface area contributed by atoms with Crippen LogP contribution >= 0.6 is 0 Å². The highest BCUT2D eigenvalue weighted by Gasteiger charge is 2.50. The third kappa shape index (κ3) is 4.10. The molecule has 10 nitrogen and oxygen atoms in total. The summed E-state index contributed by atoms with van der Waals surface area (Å²) in [7, 11) is 0. The van der Waals surface area contributed by atoms with Gasteiger partial charge in [-0.3, -0.25) is 9.63 Å². The van der Waals surface area contributed by atoms with E-state index >= 15 is 0 Å². The lowest BCUT2D eigenvalue weighted by Crippen LogP contribution is -2.41. The fourth-order valence-electron chi connectivity index (χ4n) is 3.88. The minimum atomic E-state index is -1.13. The number of carbonyl (C=O) groups excluding carboxylic acids is 2. The molecule has 0 radical (unpaired) electrons. The van der Waals surface area contributed by atoms with E-state index in [1.807, 2.05) is 30.3 Å². The van der Waals surface area contributed by atoms with Gasteiger partial charge in [-0.1, -0.05) is 36.4 Å². The van der Waals surface area contributed by atoms with E-state index in [0.29, 0.717) is 16.9 Å². The van der Waals surface area contributed by atoms with Crippen molar-refractivity contribution in [3.8, 4) is 5.75 Å². The van der Waals surface area contributed by atoms with Gasteiger partial charge in [0.1, 0.15) is 31.0 Å². The smallest absolute Gasteiger partial charge is 0.404 e. The lowest BCUT2D eigenvalue weighted by atomic mass is 9.90. The predicted octanol–water partition coefficient (Wildman–Crippen LogP) is 1.78. The molecule has 0 unspecified atom stereocenters. The molecule has 4 amide bonds. The van der Waals surface area contributed by atoms with Crippen LogP contribution in [0.4, 0.5) is 9.59 Å². The highest BCUT2D eigenvalue weighted by atomic mass is 16.7. The van der Waals surface area contributed by atoms with E-state index in [9.17, 15) is 14.4 Å². The van der Waals surface area contributed by atoms with Gasteiger partial charge in [0.2, 0.25) is 5.91 Å². The Kier molecular flexibility index (Phi) is 5.63. The van der Waals surface area contributed by atoms with Crippen molar-refractivity contribution >= 4 is 18.0 Å². The van der Waals surface area contributed by atoms with E-state index in [1.54, 1.807) is 18.2 Å². The number of hydrogen-bond donors (Lipinski definition) is 3. The molecule has 2 aliphatic heterocycles. The molecule has 1 saturated heterocycles. The maximum Gasteiger partial charge on any atom is 0.404 e. The van der Waals surface area contributed by atoms with Crippen LogP contribution in [0.25, 0.3) is 0 Å². The number of nitrogens with zero attached hydrogens (tertiary/aromatic N) is 2. The Balaban J connectivity index is 1.57. The number of primary amides is 1. The number of carbonyl (C=O) groups is 3. The Labute approximate surface area is 178 Å². The molecule has 4 rings (SSSR count). The van der Waals surface area contributed by atoms with Gasteiger partial charge >= 0.3 is 12.1 Å². The summed E-state index contributed by atoms with van der Waals surface area (Å²) in [6, 6.07) is 12.8. The van der Waals surface area contributed by atoms with Gasteiger partial charge in [0.05, 0.1) is 13.1 Å². The summed E-state index contributed by atoms with van der Waals surface area (Å²) in [6.07, 6.45) is -1.13. The van der Waals surface area contributed by atoms with Gasteiger partial charge in [-0.05, 0) is 28.8 Å². The number of rotatable bonds is 8. The number of ether oxygens (including phenoxy) is 1. The zero-order chi connectivity index (χ0) is 22.0. The zero-order valence-electron chi connectivity index (χ0n) is 16.6. The molecule has 31 heavy (non-hydrogen) atoms. The number of fused-ring (bicyclic) bond motifs is 4. The third-order valence-corrected chi connectivity index (χ3v) is 5.24. The predicted molar refractivity (Wildman–Crippen MR) is 108 cm³/mol. The van der Waals surface area contributed by atoms with E-state index in [2.05, 4.69) is 5.32 Å². The summed E-state index contributed by atoms with van der Waals surface area (Å²) >= 11 is 0. The maximum atomic E-state index is 13.0. The monoisotopic (exact) mass is 426 g/mol. The van der Waals surface area contributed by atoms with E-state index in [4.69, 9.17) is 20.4 Å². The molecule has 0 aliphatic carbocycles. The van der Waals surface area contributed by atoms with Gasteiger partial charge in [-0.25, -0.2) is 9.59 Å². The molecule has 2 heterocycles. The first-order valence-corrected chi connectivity index (χ1v) is 9.75. The van der Waals surface area contributed by atoms with Crippen molar-refractivity contribution < 1.29 is 29.1 Å². The number of nitrogens with one attached hydrogen (secondary N) is 1. The second-order valence-electron chi connectivity index (χ2n) is 7.21. The van der Waals surface area contributed by atoms with E-state index < -0.39 is 30.1 Å². The van der Waals surface area contributed by atoms with Crippen molar-refractivity contribution in [2.75, 3.05) is 19.7 Å². The van der Waals surface area contributed by atoms with Gasteiger partial charge in [-0.15, -0.1) is 0 Å². The Hall–Kier alpha value is -3.79. The third-order valence-electron chi connectivity index (χ3n) is 5.24. The van der Waals surface area contributed by atoms with Crippen LogP contribution in [0, 0.1) is 0 Å². The molecule has 2 aliphatic rings. The number of benzene rings is 2. The standard InChI is InChI=1S/C21H22N4O6/c22-19(26)18-15-7-6-14(30-9-8-23-20(27)28)10-16(15)17-11-24(18)21(29)25(17)31-12-13-4-2-1-3-5-13/h1-7,10,17-18,23H,8-9,11-12H2,(H2,22,26)(H,27,28)/t17-,18+/m0/s1. The zero-order valence-corrected chi connectivity index (χ0v) is 16.6. The summed E-state index contributed by atoms with van der Waals surface area (Å²) < 4.78 is 5.62. The molecular weight excluding hydrogens is 404 g/mol. The van der Waals surface area contributed by atoms with Crippen LogP contribution in [-0.2, 0) is 16.2 Å². The SMILES string of the molecule is NC(=O)[C@H]1c2ccc(OCCNC(=O)O)cc2[C@@H]2CN1C(=O)N2OCc1ccccc1. The van der Waals surface area contributed by atoms with Crippen molar-refractivity contribution in [1.29, 1.82) is 0 Å². The van der Waals surface area contributed by atoms with Crippen LogP contribution in [0.1, 0.15) is 28.8 Å². The second-order valence-corrected chi connectivity index (χ2v) is 7.21. The van der Waals surface area contributed by atoms with Crippen molar-refractivity contribution in [2.24, 2.45) is 5.73 Å². The lowest BCUT2D eigenvalue weighted by molar-refractivity contribution is -0.141. The van der Waals surface area contributed by atoms with Crippen molar-refractivity contribution in [1.82, 2.24) is 15.3 Å². The van der Waals surface area contributed by atoms with Crippen molar-refractivity contribution in [3.05, 3.63) is 65.2 Å². The van der Waals surface area contributed by atoms with Crippen LogP contribution in [0.5, 0.6) is 5.75 Å². The quantitative estimate of drug-likeness (QED) is 0.551. The van der Waals surface area contributed by atoms with Gasteiger partial charge in [0.25, 0.3) is 0 Å². The molecule has 10 heteroatoms. The fraction of sp³-hybridized carbons (Fsp3) is 0.286. The molecular formula is C21H22N4O6. The van der Waals surface area contributed by atoms with Gasteiger partial charge in [-0.2, -0.15) is 5.06 Å². The van der Waals surface area contributed by atoms with Crippen molar-refractivity contribution in [3.63, 3.8) is 0 Å². The van der Waals surface area contributed by atoms with Crippen molar-refractivity contribution in [2.45, 2.75) is 18.7 Å². The highest BCUT2D eigenvalue weighted by molar-refractivity contribution is 5.90. The first-order chi connectivity index (χ1) is 15.0. The van der Waals surface area contributed by atoms with Gasteiger partial charge in [0, 0.05) is 0 Å². The molecule has 2 bridgehead atoms. The molecule has 2 atom stereocenters. The van der Waals surface area contributed by atoms with Crippen LogP contribution in [0.3, 0.4) is 0 Å². The number of hydroxylamine groups is 2. The number of amides is 4. The summed E-state index contributed by atoms with van der Waals surface area (Å²) in [4.78, 5) is 43.0. The molecule has 4 N–H and O–H groups in total. The van der Waals surface area contributed by atoms with E-state index in [-0.39, 0.29) is 26.3 Å². The van der Waals surface area contributed by atoms with Crippen LogP contribution in [-0.4, -0.2) is 52.8 Å². The first-order valence-electron chi connectivity index (χ1n) is 9.75. The molecule has 1 fully saturated rings. The summed E-state index contributed by atoms with van der Waals surface area (Å²) in [5.41, 5.74) is 7.86. The minimum Gasteiger partial charge on any atom is -0.492 e. The van der Waals surface area contributed by atoms with E-state index in [0.717, 1.165) is 5.56 Å². The van der Waals surface area contributed by atoms with E-state index in [1.165, 1.54) is 9.96 Å². The average molecular weight is 426 g/mol. The Bertz CT molecular complexity index is 999. The van der Waals surface area contributed by atoms with Gasteiger partial charge < -0.3 is 25.8 Å². The fourth-order valence-corrected chi connectivity index (χ4v) is 3.88. The first kappa shape index (κ1) is 20.5. The topological polar surface area (TPSA) is 134 Å². The number of carboxylic acid groups (broad SMARTS) is 1. The highest BCUT2D eigenvalue weighted by Crippen LogP contribution is 2.45. The molecule has 2 aromatic carbocycles. The largest absolute Gasteiger partial charge is 0.492 e. The summed E-state index contributed by atoms with van der Waals surface area (Å²) in [6.45, 7) is 0.718. The number of urea groups is 1. The Morgan fingerprint density at radius 3 is 2.65 bits per heavy atom. The molecule has 0 saturated carbocycles. The maximum absolute atomic E-state index is 13.0. The summed E-state index contributed by atoms with van der Waals surface area (Å²) in [5.74, 6) is -0.137. The minimum absolute atomic E-state index is 0.123. The molecule has 0 aromatic heterocycles. The number of hydrogen-bond acceptors (Lipinski definition) is 5. The normalized spacial score (nSPS) is 19.2. The summed E-state index contributed by atoms with van der Waals surface area (Å²) in [5, 5.41) is 12.1. The number of nitrogens with two attached hydrogens (primary N) is 1. The molecule has 162 valence electrons. The molecule has 0 spiro atoms. The lowest BCUT2D eigenvalue weighted by Gasteiger charge is -2.31. The van der Waals surface area contributed by atoms with Crippen LogP contribution < -0.4 is 15.8 Å². The van der Waals surface area contributed by atoms with Crippen LogP contribution in [0.2, 0.25) is 0 Å². The molecule has 2 aromatic rings. The Morgan fingerprint density at radius 2 is 1.94 bits per heavy atom.